The molecule has 1 aliphatic heterocycles. The van der Waals surface area contributed by atoms with Gasteiger partial charge in [-0.1, -0.05) is 31.2 Å². The summed E-state index contributed by atoms with van der Waals surface area (Å²) in [6, 6.07) is 8.83. The van der Waals surface area contributed by atoms with Crippen LogP contribution in [0.4, 0.5) is 0 Å². The minimum absolute atomic E-state index is 0. The van der Waals surface area contributed by atoms with Crippen LogP contribution in [-0.2, 0) is 17.9 Å². The number of rotatable bonds is 7. The number of halogens is 2. The zero-order valence-electron chi connectivity index (χ0n) is 14.0. The first-order chi connectivity index (χ1) is 10.2. The number of nitrogens with zero attached hydrogens (tertiary/aromatic N) is 1. The van der Waals surface area contributed by atoms with Gasteiger partial charge in [-0.3, -0.25) is 4.79 Å². The number of carbonyl (C=O) groups excluding carboxylic acids is 1. The molecular weight excluding hydrogens is 333 g/mol. The molecule has 0 spiro atoms. The standard InChI is InChI=1S/C17H27N3O.2ClH/c1-3-20(2)13-15-7-4-6-14(10-15)12-19-17(21)11-16-8-5-9-18-16;;/h4,6-7,10,16,18H,3,5,8-9,11-13H2,1-2H3,(H,19,21);2*1H. The number of benzene rings is 1. The average molecular weight is 362 g/mol. The van der Waals surface area contributed by atoms with Gasteiger partial charge in [-0.2, -0.15) is 0 Å². The quantitative estimate of drug-likeness (QED) is 0.784. The molecule has 0 saturated carbocycles. The maximum Gasteiger partial charge on any atom is 0.221 e. The van der Waals surface area contributed by atoms with Gasteiger partial charge in [-0.15, -0.1) is 24.8 Å². The zero-order valence-corrected chi connectivity index (χ0v) is 15.6. The average Bonchev–Trinajstić information content (AvgIpc) is 2.98. The van der Waals surface area contributed by atoms with Gasteiger partial charge in [-0.25, -0.2) is 0 Å². The van der Waals surface area contributed by atoms with E-state index in [1.807, 2.05) is 0 Å². The topological polar surface area (TPSA) is 44.4 Å². The second-order valence-corrected chi connectivity index (χ2v) is 5.92. The van der Waals surface area contributed by atoms with Crippen molar-refractivity contribution < 1.29 is 4.79 Å². The second-order valence-electron chi connectivity index (χ2n) is 5.92. The van der Waals surface area contributed by atoms with Crippen molar-refractivity contribution in [3.8, 4) is 0 Å². The molecule has 2 rings (SSSR count). The molecule has 0 bridgehead atoms. The maximum atomic E-state index is 11.9. The molecule has 0 aliphatic carbocycles. The smallest absolute Gasteiger partial charge is 0.221 e. The van der Waals surface area contributed by atoms with Crippen LogP contribution in [0.1, 0.15) is 37.3 Å². The van der Waals surface area contributed by atoms with Gasteiger partial charge in [0, 0.05) is 25.6 Å². The van der Waals surface area contributed by atoms with Crippen molar-refractivity contribution in [3.05, 3.63) is 35.4 Å². The van der Waals surface area contributed by atoms with E-state index in [-0.39, 0.29) is 30.7 Å². The van der Waals surface area contributed by atoms with Gasteiger partial charge in [-0.05, 0) is 44.1 Å². The molecular formula is C17H29Cl2N3O. The second kappa shape index (κ2) is 11.7. The summed E-state index contributed by atoms with van der Waals surface area (Å²) in [6.45, 7) is 5.81. The van der Waals surface area contributed by atoms with Crippen LogP contribution in [-0.4, -0.2) is 37.0 Å². The van der Waals surface area contributed by atoms with Crippen LogP contribution in [0.25, 0.3) is 0 Å². The Hall–Kier alpha value is -0.810. The molecule has 2 N–H and O–H groups in total. The van der Waals surface area contributed by atoms with Gasteiger partial charge in [0.15, 0.2) is 0 Å². The highest BCUT2D eigenvalue weighted by molar-refractivity contribution is 5.85. The van der Waals surface area contributed by atoms with Crippen molar-refractivity contribution in [1.29, 1.82) is 0 Å². The van der Waals surface area contributed by atoms with Crippen LogP contribution in [0.15, 0.2) is 24.3 Å². The minimum atomic E-state index is 0. The lowest BCUT2D eigenvalue weighted by Crippen LogP contribution is -2.31. The summed E-state index contributed by atoms with van der Waals surface area (Å²) >= 11 is 0. The molecule has 0 aromatic heterocycles. The Labute approximate surface area is 152 Å². The first-order valence-corrected chi connectivity index (χ1v) is 7.94. The summed E-state index contributed by atoms with van der Waals surface area (Å²) in [7, 11) is 2.11. The summed E-state index contributed by atoms with van der Waals surface area (Å²) < 4.78 is 0. The van der Waals surface area contributed by atoms with Gasteiger partial charge >= 0.3 is 0 Å². The fraction of sp³-hybridized carbons (Fsp3) is 0.588. The van der Waals surface area contributed by atoms with Crippen LogP contribution in [0.5, 0.6) is 0 Å². The summed E-state index contributed by atoms with van der Waals surface area (Å²) in [5, 5.41) is 6.38. The molecule has 23 heavy (non-hydrogen) atoms. The number of hydrogen-bond acceptors (Lipinski definition) is 3. The molecule has 6 heteroatoms. The van der Waals surface area contributed by atoms with Crippen LogP contribution in [0.2, 0.25) is 0 Å². The normalized spacial score (nSPS) is 16.6. The largest absolute Gasteiger partial charge is 0.352 e. The van der Waals surface area contributed by atoms with Crippen molar-refractivity contribution in [2.45, 2.75) is 45.3 Å². The molecule has 1 aromatic carbocycles. The number of nitrogens with one attached hydrogen (secondary N) is 2. The van der Waals surface area contributed by atoms with E-state index in [4.69, 9.17) is 0 Å². The lowest BCUT2D eigenvalue weighted by atomic mass is 10.1. The molecule has 0 radical (unpaired) electrons. The number of carbonyl (C=O) groups is 1. The Bertz CT molecular complexity index is 465. The molecule has 1 heterocycles. The Morgan fingerprint density at radius 3 is 2.74 bits per heavy atom. The molecule has 1 saturated heterocycles. The highest BCUT2D eigenvalue weighted by Crippen LogP contribution is 2.10. The van der Waals surface area contributed by atoms with E-state index in [0.29, 0.717) is 19.0 Å². The van der Waals surface area contributed by atoms with Crippen LogP contribution < -0.4 is 10.6 Å². The predicted octanol–water partition coefficient (Wildman–Crippen LogP) is 2.74. The molecule has 132 valence electrons. The van der Waals surface area contributed by atoms with E-state index in [9.17, 15) is 4.79 Å². The molecule has 1 atom stereocenters. The van der Waals surface area contributed by atoms with Crippen molar-refractivity contribution in [1.82, 2.24) is 15.5 Å². The molecule has 1 unspecified atom stereocenters. The van der Waals surface area contributed by atoms with E-state index < -0.39 is 0 Å². The third kappa shape index (κ3) is 8.02. The SMILES string of the molecule is CCN(C)Cc1cccc(CNC(=O)CC2CCCN2)c1.Cl.Cl. The Kier molecular flexibility index (Phi) is 11.3. The summed E-state index contributed by atoms with van der Waals surface area (Å²) in [4.78, 5) is 14.2. The summed E-state index contributed by atoms with van der Waals surface area (Å²) in [5.74, 6) is 0.144. The Morgan fingerprint density at radius 1 is 1.35 bits per heavy atom. The lowest BCUT2D eigenvalue weighted by molar-refractivity contribution is -0.121. The fourth-order valence-electron chi connectivity index (χ4n) is 2.69. The minimum Gasteiger partial charge on any atom is -0.352 e. The van der Waals surface area contributed by atoms with Gasteiger partial charge in [0.25, 0.3) is 0 Å². The summed E-state index contributed by atoms with van der Waals surface area (Å²) in [5.41, 5.74) is 2.47. The Balaban J connectivity index is 0.00000242. The van der Waals surface area contributed by atoms with Crippen molar-refractivity contribution in [2.24, 2.45) is 0 Å². The highest BCUT2D eigenvalue weighted by atomic mass is 35.5. The lowest BCUT2D eigenvalue weighted by Gasteiger charge is -2.15. The maximum absolute atomic E-state index is 11.9. The third-order valence-electron chi connectivity index (χ3n) is 4.07. The van der Waals surface area contributed by atoms with Crippen LogP contribution in [0.3, 0.4) is 0 Å². The van der Waals surface area contributed by atoms with Crippen LogP contribution >= 0.6 is 24.8 Å². The van der Waals surface area contributed by atoms with E-state index in [1.54, 1.807) is 0 Å². The Morgan fingerprint density at radius 2 is 2.09 bits per heavy atom. The first kappa shape index (κ1) is 22.2. The monoisotopic (exact) mass is 361 g/mol. The predicted molar refractivity (Wildman–Crippen MR) is 100 cm³/mol. The van der Waals surface area contributed by atoms with Crippen LogP contribution in [0, 0.1) is 0 Å². The van der Waals surface area contributed by atoms with Gasteiger partial charge in [0.1, 0.15) is 0 Å². The molecule has 1 aromatic rings. The molecule has 1 aliphatic rings. The van der Waals surface area contributed by atoms with Gasteiger partial charge in [0.05, 0.1) is 0 Å². The molecule has 1 fully saturated rings. The molecule has 4 nitrogen and oxygen atoms in total. The van der Waals surface area contributed by atoms with E-state index in [1.165, 1.54) is 17.5 Å². The van der Waals surface area contributed by atoms with Crippen molar-refractivity contribution >= 4 is 30.7 Å². The first-order valence-electron chi connectivity index (χ1n) is 7.94. The third-order valence-corrected chi connectivity index (χ3v) is 4.07. The van der Waals surface area contributed by atoms with E-state index in [0.717, 1.165) is 26.1 Å². The van der Waals surface area contributed by atoms with Crippen molar-refractivity contribution in [2.75, 3.05) is 20.1 Å². The number of amides is 1. The fourth-order valence-corrected chi connectivity index (χ4v) is 2.69. The highest BCUT2D eigenvalue weighted by Gasteiger charge is 2.17. The summed E-state index contributed by atoms with van der Waals surface area (Å²) in [6.07, 6.45) is 2.90. The van der Waals surface area contributed by atoms with Crippen molar-refractivity contribution in [3.63, 3.8) is 0 Å². The molecule has 1 amide bonds. The zero-order chi connectivity index (χ0) is 15.1. The van der Waals surface area contributed by atoms with Gasteiger partial charge in [0.2, 0.25) is 5.91 Å². The van der Waals surface area contributed by atoms with Gasteiger partial charge < -0.3 is 15.5 Å². The van der Waals surface area contributed by atoms with E-state index in [2.05, 4.69) is 53.8 Å². The van der Waals surface area contributed by atoms with E-state index >= 15 is 0 Å². The number of hydrogen-bond donors (Lipinski definition) is 2.